The molecule has 0 radical (unpaired) electrons. The molecular weight excluding hydrogens is 318 g/mol. The molecule has 1 saturated heterocycles. The highest BCUT2D eigenvalue weighted by molar-refractivity contribution is 5.94. The molecule has 0 spiro atoms. The molecule has 2 aromatic heterocycles. The minimum atomic E-state index is -0.0706. The van der Waals surface area contributed by atoms with Crippen molar-refractivity contribution in [2.75, 3.05) is 19.8 Å². The van der Waals surface area contributed by atoms with E-state index in [4.69, 9.17) is 4.74 Å². The lowest BCUT2D eigenvalue weighted by Crippen LogP contribution is -2.44. The highest BCUT2D eigenvalue weighted by atomic mass is 16.5. The average Bonchev–Trinajstić information content (AvgIpc) is 3.33. The number of aryl methyl sites for hydroxylation is 1. The highest BCUT2D eigenvalue weighted by Crippen LogP contribution is 2.26. The van der Waals surface area contributed by atoms with Gasteiger partial charge in [-0.25, -0.2) is 0 Å². The van der Waals surface area contributed by atoms with Gasteiger partial charge in [0.1, 0.15) is 12.7 Å². The van der Waals surface area contributed by atoms with E-state index < -0.39 is 0 Å². The Morgan fingerprint density at radius 2 is 1.92 bits per heavy atom. The van der Waals surface area contributed by atoms with Gasteiger partial charge in [-0.15, -0.1) is 10.2 Å². The van der Waals surface area contributed by atoms with E-state index in [2.05, 4.69) is 10.2 Å². The summed E-state index contributed by atoms with van der Waals surface area (Å²) in [7, 11) is 1.99. The van der Waals surface area contributed by atoms with E-state index in [1.54, 1.807) is 17.2 Å². The van der Waals surface area contributed by atoms with Crippen LogP contribution < -0.4 is 0 Å². The Morgan fingerprint density at radius 3 is 2.60 bits per heavy atom. The number of nitrogens with zero attached hydrogens (tertiary/aromatic N) is 5. The van der Waals surface area contributed by atoms with Gasteiger partial charge < -0.3 is 14.2 Å². The molecule has 0 N–H and O–H groups in total. The molecule has 0 aliphatic carbocycles. The Labute approximate surface area is 145 Å². The third-order valence-electron chi connectivity index (χ3n) is 4.55. The Bertz CT molecular complexity index is 854. The zero-order chi connectivity index (χ0) is 17.2. The summed E-state index contributed by atoms with van der Waals surface area (Å²) in [6.07, 6.45) is 5.25. The van der Waals surface area contributed by atoms with Crippen molar-refractivity contribution in [2.45, 2.75) is 6.04 Å². The van der Waals surface area contributed by atoms with Gasteiger partial charge in [0, 0.05) is 36.7 Å². The lowest BCUT2D eigenvalue weighted by atomic mass is 10.1. The summed E-state index contributed by atoms with van der Waals surface area (Å²) in [6.45, 7) is 1.66. The number of ether oxygens (including phenoxy) is 1. The summed E-state index contributed by atoms with van der Waals surface area (Å²) < 4.78 is 9.46. The first-order valence-electron chi connectivity index (χ1n) is 8.19. The molecule has 128 valence electrons. The zero-order valence-corrected chi connectivity index (χ0v) is 13.9. The first kappa shape index (κ1) is 15.6. The zero-order valence-electron chi connectivity index (χ0n) is 13.9. The molecule has 3 aromatic rings. The number of benzene rings is 1. The molecule has 7 heteroatoms. The van der Waals surface area contributed by atoms with Gasteiger partial charge in [0.2, 0.25) is 0 Å². The maximum absolute atomic E-state index is 13.0. The number of rotatable bonds is 3. The number of carbonyl (C=O) groups excluding carboxylic acids is 1. The van der Waals surface area contributed by atoms with E-state index in [0.717, 1.165) is 11.4 Å². The van der Waals surface area contributed by atoms with Gasteiger partial charge in [0.25, 0.3) is 5.91 Å². The number of aromatic nitrogens is 4. The molecule has 1 aliphatic heterocycles. The summed E-state index contributed by atoms with van der Waals surface area (Å²) >= 11 is 0. The molecule has 3 heterocycles. The topological polar surface area (TPSA) is 65.2 Å². The second-order valence-electron chi connectivity index (χ2n) is 6.05. The summed E-state index contributed by atoms with van der Waals surface area (Å²) in [5, 5.41) is 7.60. The van der Waals surface area contributed by atoms with Crippen LogP contribution in [0, 0.1) is 0 Å². The molecule has 0 saturated carbocycles. The molecule has 1 aromatic carbocycles. The fraction of sp³-hybridized carbons (Fsp3) is 0.278. The quantitative estimate of drug-likeness (QED) is 0.731. The minimum Gasteiger partial charge on any atom is -0.377 e. The highest BCUT2D eigenvalue weighted by Gasteiger charge is 2.30. The van der Waals surface area contributed by atoms with Crippen LogP contribution in [-0.2, 0) is 11.8 Å². The molecule has 0 bridgehead atoms. The summed E-state index contributed by atoms with van der Waals surface area (Å²) in [6, 6.07) is 11.4. The predicted octanol–water partition coefficient (Wildman–Crippen LogP) is 1.82. The van der Waals surface area contributed by atoms with Gasteiger partial charge in [0.05, 0.1) is 19.3 Å². The van der Waals surface area contributed by atoms with E-state index in [1.807, 2.05) is 59.1 Å². The average molecular weight is 337 g/mol. The van der Waals surface area contributed by atoms with Crippen LogP contribution in [0.25, 0.3) is 5.69 Å². The van der Waals surface area contributed by atoms with Crippen LogP contribution in [0.3, 0.4) is 0 Å². The van der Waals surface area contributed by atoms with Crippen LogP contribution in [0.1, 0.15) is 22.1 Å². The predicted molar refractivity (Wildman–Crippen MR) is 91.4 cm³/mol. The van der Waals surface area contributed by atoms with Gasteiger partial charge in [-0.3, -0.25) is 9.36 Å². The largest absolute Gasteiger partial charge is 0.377 e. The van der Waals surface area contributed by atoms with Crippen LogP contribution in [-0.4, -0.2) is 49.9 Å². The first-order valence-corrected chi connectivity index (χ1v) is 8.19. The van der Waals surface area contributed by atoms with Gasteiger partial charge in [-0.05, 0) is 36.4 Å². The molecule has 25 heavy (non-hydrogen) atoms. The van der Waals surface area contributed by atoms with Crippen LogP contribution >= 0.6 is 0 Å². The first-order chi connectivity index (χ1) is 12.2. The molecule has 1 atom stereocenters. The van der Waals surface area contributed by atoms with E-state index >= 15 is 0 Å². The van der Waals surface area contributed by atoms with Crippen LogP contribution in [0.2, 0.25) is 0 Å². The lowest BCUT2D eigenvalue weighted by Gasteiger charge is -2.36. The fourth-order valence-corrected chi connectivity index (χ4v) is 3.19. The molecule has 4 rings (SSSR count). The molecular formula is C18H19N5O2. The van der Waals surface area contributed by atoms with E-state index in [9.17, 15) is 4.79 Å². The van der Waals surface area contributed by atoms with Crippen LogP contribution in [0.4, 0.5) is 0 Å². The summed E-state index contributed by atoms with van der Waals surface area (Å²) in [5.74, 6) is 0.0183. The van der Waals surface area contributed by atoms with Crippen molar-refractivity contribution < 1.29 is 9.53 Å². The number of hydrogen-bond acceptors (Lipinski definition) is 4. The van der Waals surface area contributed by atoms with Gasteiger partial charge in [0.15, 0.2) is 0 Å². The van der Waals surface area contributed by atoms with Gasteiger partial charge >= 0.3 is 0 Å². The van der Waals surface area contributed by atoms with Crippen molar-refractivity contribution in [1.29, 1.82) is 0 Å². The van der Waals surface area contributed by atoms with E-state index in [1.165, 1.54) is 0 Å². The number of hydrogen-bond donors (Lipinski definition) is 0. The Balaban J connectivity index is 1.59. The Kier molecular flexibility index (Phi) is 4.07. The van der Waals surface area contributed by atoms with Crippen molar-refractivity contribution in [3.8, 4) is 5.69 Å². The SMILES string of the molecule is Cn1cccc1[C@H]1COCCN1C(=O)c1ccc(-n2cnnc2)cc1. The molecule has 7 nitrogen and oxygen atoms in total. The molecule has 1 fully saturated rings. The van der Waals surface area contributed by atoms with Crippen molar-refractivity contribution >= 4 is 5.91 Å². The van der Waals surface area contributed by atoms with Gasteiger partial charge in [-0.2, -0.15) is 0 Å². The van der Waals surface area contributed by atoms with Gasteiger partial charge in [-0.1, -0.05) is 0 Å². The maximum Gasteiger partial charge on any atom is 0.254 e. The monoisotopic (exact) mass is 337 g/mol. The summed E-state index contributed by atoms with van der Waals surface area (Å²) in [4.78, 5) is 14.9. The van der Waals surface area contributed by atoms with Crippen molar-refractivity contribution in [2.24, 2.45) is 7.05 Å². The number of amides is 1. The van der Waals surface area contributed by atoms with Crippen molar-refractivity contribution in [1.82, 2.24) is 24.2 Å². The molecule has 1 aliphatic rings. The number of carbonyl (C=O) groups is 1. The smallest absolute Gasteiger partial charge is 0.254 e. The van der Waals surface area contributed by atoms with Crippen molar-refractivity contribution in [3.63, 3.8) is 0 Å². The third kappa shape index (κ3) is 2.94. The van der Waals surface area contributed by atoms with Crippen molar-refractivity contribution in [3.05, 3.63) is 66.5 Å². The van der Waals surface area contributed by atoms with E-state index in [-0.39, 0.29) is 11.9 Å². The minimum absolute atomic E-state index is 0.0183. The normalized spacial score (nSPS) is 17.6. The van der Waals surface area contributed by atoms with Crippen LogP contribution in [0.5, 0.6) is 0 Å². The maximum atomic E-state index is 13.0. The Morgan fingerprint density at radius 1 is 1.16 bits per heavy atom. The molecule has 1 amide bonds. The summed E-state index contributed by atoms with van der Waals surface area (Å²) in [5.41, 5.74) is 2.66. The molecule has 0 unspecified atom stereocenters. The number of morpholine rings is 1. The fourth-order valence-electron chi connectivity index (χ4n) is 3.19. The Hall–Kier alpha value is -2.93. The lowest BCUT2D eigenvalue weighted by molar-refractivity contribution is -0.00463. The second kappa shape index (κ2) is 6.52. The third-order valence-corrected chi connectivity index (χ3v) is 4.55. The van der Waals surface area contributed by atoms with E-state index in [0.29, 0.717) is 25.3 Å². The van der Waals surface area contributed by atoms with Crippen LogP contribution in [0.15, 0.2) is 55.2 Å². The second-order valence-corrected chi connectivity index (χ2v) is 6.05. The standard InChI is InChI=1S/C18H19N5O2/c1-21-8-2-3-16(21)17-11-25-10-9-23(17)18(24)14-4-6-15(7-5-14)22-12-19-20-13-22/h2-8,12-13,17H,9-11H2,1H3/t17-/m1/s1.